The topological polar surface area (TPSA) is 60.1 Å². The molecule has 5 heteroatoms. The maximum Gasteiger partial charge on any atom is 0.268 e. The largest absolute Gasteiger partial charge is 0.397 e. The summed E-state index contributed by atoms with van der Waals surface area (Å²) < 4.78 is 1.90. The van der Waals surface area contributed by atoms with E-state index in [9.17, 15) is 4.79 Å². The average molecular weight is 291 g/mol. The Morgan fingerprint density at radius 1 is 1.45 bits per heavy atom. The van der Waals surface area contributed by atoms with Gasteiger partial charge < -0.3 is 15.6 Å². The molecule has 0 spiro atoms. The van der Waals surface area contributed by atoms with Gasteiger partial charge in [0.25, 0.3) is 5.91 Å². The van der Waals surface area contributed by atoms with Crippen LogP contribution in [0.15, 0.2) is 29.1 Å². The summed E-state index contributed by atoms with van der Waals surface area (Å²) in [5.41, 5.74) is 8.29. The lowest BCUT2D eigenvalue weighted by molar-refractivity contribution is 0.0929. The van der Waals surface area contributed by atoms with E-state index in [4.69, 9.17) is 5.73 Å². The molecular weight excluding hydrogens is 270 g/mol. The summed E-state index contributed by atoms with van der Waals surface area (Å²) in [6, 6.07) is 4.11. The number of amides is 1. The molecule has 1 unspecified atom stereocenters. The van der Waals surface area contributed by atoms with Crippen LogP contribution in [0.25, 0.3) is 0 Å². The lowest BCUT2D eigenvalue weighted by atomic mass is 10.1. The Labute approximate surface area is 123 Å². The van der Waals surface area contributed by atoms with Crippen molar-refractivity contribution < 1.29 is 4.79 Å². The van der Waals surface area contributed by atoms with Gasteiger partial charge in [-0.15, -0.1) is 0 Å². The second-order valence-corrected chi connectivity index (χ2v) is 6.15. The summed E-state index contributed by atoms with van der Waals surface area (Å²) in [5, 5.41) is 7.19. The van der Waals surface area contributed by atoms with Crippen LogP contribution >= 0.6 is 11.3 Å². The van der Waals surface area contributed by atoms with Crippen LogP contribution in [-0.2, 0) is 6.42 Å². The first kappa shape index (κ1) is 14.7. The Hall–Kier alpha value is -1.75. The molecule has 0 saturated heterocycles. The monoisotopic (exact) mass is 291 g/mol. The standard InChI is InChI=1S/C15H21N3OS/c1-10(2)18-8-13(16)7-14(18)15(19)17-11(3)6-12-4-5-20-9-12/h4-5,7-11H,6,16H2,1-3H3,(H,17,19). The predicted octanol–water partition coefficient (Wildman–Crippen LogP) is 3.07. The molecular formula is C15H21N3OS. The predicted molar refractivity (Wildman–Crippen MR) is 84.2 cm³/mol. The maximum absolute atomic E-state index is 12.3. The number of hydrogen-bond donors (Lipinski definition) is 2. The molecule has 0 aliphatic rings. The number of carbonyl (C=O) groups is 1. The number of rotatable bonds is 5. The second-order valence-electron chi connectivity index (χ2n) is 5.37. The third-order valence-electron chi connectivity index (χ3n) is 3.16. The Morgan fingerprint density at radius 2 is 2.20 bits per heavy atom. The van der Waals surface area contributed by atoms with Crippen LogP contribution in [0.2, 0.25) is 0 Å². The molecule has 0 bridgehead atoms. The fourth-order valence-electron chi connectivity index (χ4n) is 2.22. The second kappa shape index (κ2) is 6.13. The van der Waals surface area contributed by atoms with Crippen LogP contribution in [-0.4, -0.2) is 16.5 Å². The molecule has 1 atom stereocenters. The first-order valence-electron chi connectivity index (χ1n) is 6.76. The minimum atomic E-state index is -0.0712. The van der Waals surface area contributed by atoms with Gasteiger partial charge in [-0.3, -0.25) is 4.79 Å². The number of nitrogen functional groups attached to an aromatic ring is 1. The van der Waals surface area contributed by atoms with Gasteiger partial charge in [-0.2, -0.15) is 11.3 Å². The molecule has 3 N–H and O–H groups in total. The molecule has 0 radical (unpaired) electrons. The van der Waals surface area contributed by atoms with E-state index < -0.39 is 0 Å². The molecule has 20 heavy (non-hydrogen) atoms. The average Bonchev–Trinajstić information content (AvgIpc) is 2.97. The van der Waals surface area contributed by atoms with E-state index in [1.165, 1.54) is 5.56 Å². The number of nitrogens with zero attached hydrogens (tertiary/aromatic N) is 1. The highest BCUT2D eigenvalue weighted by Crippen LogP contribution is 2.17. The van der Waals surface area contributed by atoms with Gasteiger partial charge in [0.15, 0.2) is 0 Å². The van der Waals surface area contributed by atoms with E-state index in [0.29, 0.717) is 11.4 Å². The van der Waals surface area contributed by atoms with Gasteiger partial charge >= 0.3 is 0 Å². The van der Waals surface area contributed by atoms with E-state index in [-0.39, 0.29) is 18.0 Å². The van der Waals surface area contributed by atoms with Crippen molar-refractivity contribution in [2.24, 2.45) is 0 Å². The molecule has 1 amide bonds. The summed E-state index contributed by atoms with van der Waals surface area (Å²) >= 11 is 1.67. The lowest BCUT2D eigenvalue weighted by Gasteiger charge is -2.16. The van der Waals surface area contributed by atoms with Gasteiger partial charge in [0.2, 0.25) is 0 Å². The number of aromatic nitrogens is 1. The Morgan fingerprint density at radius 3 is 2.80 bits per heavy atom. The van der Waals surface area contributed by atoms with Crippen LogP contribution in [0, 0.1) is 0 Å². The van der Waals surface area contributed by atoms with Crippen LogP contribution in [0.4, 0.5) is 5.69 Å². The van der Waals surface area contributed by atoms with Crippen molar-refractivity contribution in [1.82, 2.24) is 9.88 Å². The first-order chi connectivity index (χ1) is 9.47. The Bertz CT molecular complexity index is 572. The molecule has 2 aromatic rings. The highest BCUT2D eigenvalue weighted by Gasteiger charge is 2.16. The quantitative estimate of drug-likeness (QED) is 0.889. The zero-order valence-electron chi connectivity index (χ0n) is 12.1. The number of nitrogens with two attached hydrogens (primary N) is 1. The zero-order valence-corrected chi connectivity index (χ0v) is 12.9. The van der Waals surface area contributed by atoms with Crippen LogP contribution in [0.5, 0.6) is 0 Å². The fourth-order valence-corrected chi connectivity index (χ4v) is 2.90. The van der Waals surface area contributed by atoms with E-state index in [1.807, 2.05) is 31.5 Å². The molecule has 0 aliphatic heterocycles. The zero-order chi connectivity index (χ0) is 14.7. The molecule has 0 aliphatic carbocycles. The van der Waals surface area contributed by atoms with Crippen LogP contribution < -0.4 is 11.1 Å². The first-order valence-corrected chi connectivity index (χ1v) is 7.71. The van der Waals surface area contributed by atoms with Gasteiger partial charge in [-0.05, 0) is 55.6 Å². The van der Waals surface area contributed by atoms with Gasteiger partial charge in [0.05, 0.1) is 5.69 Å². The Kier molecular flexibility index (Phi) is 4.49. The van der Waals surface area contributed by atoms with Crippen LogP contribution in [0.3, 0.4) is 0 Å². The number of anilines is 1. The van der Waals surface area contributed by atoms with Crippen molar-refractivity contribution >= 4 is 22.9 Å². The minimum absolute atomic E-state index is 0.0712. The Balaban J connectivity index is 2.04. The molecule has 2 heterocycles. The SMILES string of the molecule is CC(Cc1ccsc1)NC(=O)c1cc(N)cn1C(C)C. The number of thiophene rings is 1. The highest BCUT2D eigenvalue weighted by molar-refractivity contribution is 7.07. The van der Waals surface area contributed by atoms with Crippen molar-refractivity contribution in [2.75, 3.05) is 5.73 Å². The number of carbonyl (C=O) groups excluding carboxylic acids is 1. The molecule has 0 aromatic carbocycles. The summed E-state index contributed by atoms with van der Waals surface area (Å²) in [6.45, 7) is 6.08. The smallest absolute Gasteiger partial charge is 0.268 e. The van der Waals surface area contributed by atoms with Crippen molar-refractivity contribution in [3.63, 3.8) is 0 Å². The van der Waals surface area contributed by atoms with E-state index in [1.54, 1.807) is 17.4 Å². The van der Waals surface area contributed by atoms with Gasteiger partial charge in [0.1, 0.15) is 5.69 Å². The number of hydrogen-bond acceptors (Lipinski definition) is 3. The molecule has 4 nitrogen and oxygen atoms in total. The van der Waals surface area contributed by atoms with E-state index >= 15 is 0 Å². The summed E-state index contributed by atoms with van der Waals surface area (Å²) in [7, 11) is 0. The summed E-state index contributed by atoms with van der Waals surface area (Å²) in [5.74, 6) is -0.0712. The lowest BCUT2D eigenvalue weighted by Crippen LogP contribution is -2.35. The molecule has 108 valence electrons. The maximum atomic E-state index is 12.3. The van der Waals surface area contributed by atoms with Crippen LogP contribution in [0.1, 0.15) is 42.9 Å². The van der Waals surface area contributed by atoms with Crippen molar-refractivity contribution in [3.8, 4) is 0 Å². The minimum Gasteiger partial charge on any atom is -0.397 e. The van der Waals surface area contributed by atoms with Gasteiger partial charge in [-0.25, -0.2) is 0 Å². The van der Waals surface area contributed by atoms with Crippen molar-refractivity contribution in [2.45, 2.75) is 39.3 Å². The fraction of sp³-hybridized carbons (Fsp3) is 0.400. The normalized spacial score (nSPS) is 12.6. The highest BCUT2D eigenvalue weighted by atomic mass is 32.1. The van der Waals surface area contributed by atoms with E-state index in [0.717, 1.165) is 6.42 Å². The van der Waals surface area contributed by atoms with Crippen molar-refractivity contribution in [1.29, 1.82) is 0 Å². The summed E-state index contributed by atoms with van der Waals surface area (Å²) in [6.07, 6.45) is 2.65. The molecule has 2 rings (SSSR count). The third kappa shape index (κ3) is 3.42. The van der Waals surface area contributed by atoms with Gasteiger partial charge in [0, 0.05) is 18.3 Å². The molecule has 0 saturated carbocycles. The van der Waals surface area contributed by atoms with E-state index in [2.05, 4.69) is 22.1 Å². The number of nitrogens with one attached hydrogen (secondary N) is 1. The van der Waals surface area contributed by atoms with Gasteiger partial charge in [-0.1, -0.05) is 0 Å². The summed E-state index contributed by atoms with van der Waals surface area (Å²) in [4.78, 5) is 12.3. The molecule has 0 fully saturated rings. The third-order valence-corrected chi connectivity index (χ3v) is 3.89. The van der Waals surface area contributed by atoms with Crippen molar-refractivity contribution in [3.05, 3.63) is 40.3 Å². The molecule has 2 aromatic heterocycles.